The molecule has 0 radical (unpaired) electrons. The fourth-order valence-electron chi connectivity index (χ4n) is 3.83. The summed E-state index contributed by atoms with van der Waals surface area (Å²) in [6, 6.07) is 14.8. The third kappa shape index (κ3) is 5.86. The first-order valence-electron chi connectivity index (χ1n) is 10.6. The summed E-state index contributed by atoms with van der Waals surface area (Å²) in [6.07, 6.45) is 1.29. The van der Waals surface area contributed by atoms with Crippen molar-refractivity contribution in [2.75, 3.05) is 20.2 Å². The average molecular weight is 460 g/mol. The highest BCUT2D eigenvalue weighted by Crippen LogP contribution is 2.22. The van der Waals surface area contributed by atoms with Crippen LogP contribution in [0.15, 0.2) is 59.5 Å². The lowest BCUT2D eigenvalue weighted by Crippen LogP contribution is -2.53. The molecule has 1 heterocycles. The lowest BCUT2D eigenvalue weighted by atomic mass is 10.0. The second-order valence-corrected chi connectivity index (χ2v) is 9.71. The van der Waals surface area contributed by atoms with Crippen LogP contribution in [0.5, 0.6) is 5.75 Å². The van der Waals surface area contributed by atoms with E-state index in [2.05, 4.69) is 10.6 Å². The van der Waals surface area contributed by atoms with Crippen LogP contribution in [-0.4, -0.2) is 56.8 Å². The molecule has 0 aromatic heterocycles. The molecular formula is C23H29N3O5S. The van der Waals surface area contributed by atoms with E-state index in [4.69, 9.17) is 4.74 Å². The number of rotatable bonds is 8. The van der Waals surface area contributed by atoms with Crippen molar-refractivity contribution in [3.8, 4) is 5.75 Å². The molecule has 1 atom stereocenters. The fourth-order valence-corrected chi connectivity index (χ4v) is 5.32. The van der Waals surface area contributed by atoms with Crippen molar-refractivity contribution >= 4 is 21.8 Å². The van der Waals surface area contributed by atoms with Crippen LogP contribution < -0.4 is 15.4 Å². The molecule has 3 rings (SSSR count). The first-order chi connectivity index (χ1) is 15.3. The van der Waals surface area contributed by atoms with Gasteiger partial charge in [0.1, 0.15) is 11.8 Å². The molecule has 32 heavy (non-hydrogen) atoms. The minimum Gasteiger partial charge on any atom is -0.496 e. The molecule has 2 N–H and O–H groups in total. The largest absolute Gasteiger partial charge is 0.496 e. The number of hydrogen-bond donors (Lipinski definition) is 2. The van der Waals surface area contributed by atoms with Crippen molar-refractivity contribution in [1.82, 2.24) is 14.9 Å². The maximum Gasteiger partial charge on any atom is 0.243 e. The molecule has 1 fully saturated rings. The maximum atomic E-state index is 13.0. The third-order valence-corrected chi connectivity index (χ3v) is 7.40. The number of para-hydroxylation sites is 1. The Balaban J connectivity index is 1.62. The molecular weight excluding hydrogens is 430 g/mol. The molecule has 0 aliphatic carbocycles. The number of hydrogen-bond acceptors (Lipinski definition) is 5. The number of methoxy groups -OCH3 is 1. The number of piperidine rings is 1. The molecule has 2 aromatic rings. The predicted molar refractivity (Wildman–Crippen MR) is 121 cm³/mol. The highest BCUT2D eigenvalue weighted by atomic mass is 32.2. The van der Waals surface area contributed by atoms with Gasteiger partial charge in [-0.15, -0.1) is 0 Å². The van der Waals surface area contributed by atoms with Gasteiger partial charge < -0.3 is 15.4 Å². The van der Waals surface area contributed by atoms with Gasteiger partial charge in [-0.3, -0.25) is 9.59 Å². The average Bonchev–Trinajstić information content (AvgIpc) is 2.79. The van der Waals surface area contributed by atoms with E-state index in [9.17, 15) is 18.0 Å². The van der Waals surface area contributed by atoms with Crippen molar-refractivity contribution in [2.45, 2.75) is 43.2 Å². The van der Waals surface area contributed by atoms with E-state index in [1.807, 2.05) is 18.2 Å². The number of nitrogens with zero attached hydrogens (tertiary/aromatic N) is 1. The normalized spacial score (nSPS) is 16.2. The Bertz CT molecular complexity index is 1030. The van der Waals surface area contributed by atoms with Crippen LogP contribution in [0.25, 0.3) is 0 Å². The Morgan fingerprint density at radius 1 is 1.06 bits per heavy atom. The molecule has 2 aromatic carbocycles. The molecule has 1 aliphatic heterocycles. The monoisotopic (exact) mass is 459 g/mol. The fraction of sp³-hybridized carbons (Fsp3) is 0.391. The Hall–Kier alpha value is -2.91. The zero-order chi connectivity index (χ0) is 23.1. The zero-order valence-corrected chi connectivity index (χ0v) is 19.1. The van der Waals surface area contributed by atoms with Gasteiger partial charge in [0, 0.05) is 32.5 Å². The minimum absolute atomic E-state index is 0.168. The van der Waals surface area contributed by atoms with Crippen LogP contribution in [0, 0.1) is 0 Å². The number of nitrogens with one attached hydrogen (secondary N) is 2. The Morgan fingerprint density at radius 2 is 1.69 bits per heavy atom. The van der Waals surface area contributed by atoms with E-state index in [0.29, 0.717) is 31.7 Å². The van der Waals surface area contributed by atoms with Gasteiger partial charge >= 0.3 is 0 Å². The van der Waals surface area contributed by atoms with Crippen molar-refractivity contribution in [3.05, 3.63) is 60.2 Å². The van der Waals surface area contributed by atoms with Crippen molar-refractivity contribution in [3.63, 3.8) is 0 Å². The molecule has 8 nitrogen and oxygen atoms in total. The number of sulfonamides is 1. The van der Waals surface area contributed by atoms with Gasteiger partial charge in [-0.05, 0) is 36.6 Å². The van der Waals surface area contributed by atoms with Gasteiger partial charge in [0.25, 0.3) is 0 Å². The molecule has 0 saturated carbocycles. The predicted octanol–water partition coefficient (Wildman–Crippen LogP) is 1.71. The van der Waals surface area contributed by atoms with Crippen molar-refractivity contribution in [1.29, 1.82) is 0 Å². The second kappa shape index (κ2) is 10.6. The summed E-state index contributed by atoms with van der Waals surface area (Å²) in [5, 5.41) is 5.69. The van der Waals surface area contributed by atoms with Crippen LogP contribution >= 0.6 is 0 Å². The summed E-state index contributed by atoms with van der Waals surface area (Å²) >= 11 is 0. The lowest BCUT2D eigenvalue weighted by Gasteiger charge is -2.32. The number of carbonyl (C=O) groups is 2. The summed E-state index contributed by atoms with van der Waals surface area (Å²) in [7, 11) is -1.99. The molecule has 0 bridgehead atoms. The first kappa shape index (κ1) is 23.7. The molecule has 2 amide bonds. The van der Waals surface area contributed by atoms with E-state index in [1.54, 1.807) is 43.5 Å². The summed E-state index contributed by atoms with van der Waals surface area (Å²) in [6.45, 7) is 2.01. The zero-order valence-electron chi connectivity index (χ0n) is 18.3. The van der Waals surface area contributed by atoms with Gasteiger partial charge in [0.2, 0.25) is 21.8 Å². The van der Waals surface area contributed by atoms with Crippen molar-refractivity contribution < 1.29 is 22.7 Å². The van der Waals surface area contributed by atoms with E-state index in [1.165, 1.54) is 11.2 Å². The standard InChI is InChI=1S/C23H29N3O5S/c1-17(27)24-21(16-18-8-6-7-11-22(18)31-2)23(28)25-19-12-14-26(15-13-19)32(29,30)20-9-4-3-5-10-20/h3-11,19,21H,12-16H2,1-2H3,(H,24,27)(H,25,28)/t21-/m0/s1. The summed E-state index contributed by atoms with van der Waals surface area (Å²) < 4.78 is 32.4. The first-order valence-corrected chi connectivity index (χ1v) is 12.0. The lowest BCUT2D eigenvalue weighted by molar-refractivity contribution is -0.128. The molecule has 0 unspecified atom stereocenters. The molecule has 9 heteroatoms. The maximum absolute atomic E-state index is 13.0. The number of carbonyl (C=O) groups excluding carboxylic acids is 2. The van der Waals surface area contributed by atoms with Crippen LogP contribution in [0.2, 0.25) is 0 Å². The smallest absolute Gasteiger partial charge is 0.243 e. The van der Waals surface area contributed by atoms with Gasteiger partial charge in [-0.25, -0.2) is 8.42 Å². The van der Waals surface area contributed by atoms with Gasteiger partial charge in [-0.2, -0.15) is 4.31 Å². The van der Waals surface area contributed by atoms with Crippen LogP contribution in [0.3, 0.4) is 0 Å². The number of ether oxygens (including phenoxy) is 1. The highest BCUT2D eigenvalue weighted by molar-refractivity contribution is 7.89. The van der Waals surface area contributed by atoms with Crippen molar-refractivity contribution in [2.24, 2.45) is 0 Å². The van der Waals surface area contributed by atoms with Gasteiger partial charge in [0.05, 0.1) is 12.0 Å². The Labute approximate surface area is 189 Å². The van der Waals surface area contributed by atoms with Gasteiger partial charge in [-0.1, -0.05) is 36.4 Å². The van der Waals surface area contributed by atoms with Gasteiger partial charge in [0.15, 0.2) is 0 Å². The topological polar surface area (TPSA) is 105 Å². The van der Waals surface area contributed by atoms with E-state index in [0.717, 1.165) is 5.56 Å². The number of amides is 2. The minimum atomic E-state index is -3.54. The summed E-state index contributed by atoms with van der Waals surface area (Å²) in [4.78, 5) is 24.9. The number of benzene rings is 2. The SMILES string of the molecule is COc1ccccc1C[C@H](NC(C)=O)C(=O)NC1CCN(S(=O)(=O)c2ccccc2)CC1. The van der Waals surface area contributed by atoms with E-state index >= 15 is 0 Å². The summed E-state index contributed by atoms with van der Waals surface area (Å²) in [5.74, 6) is 0.0503. The van der Waals surface area contributed by atoms with Crippen LogP contribution in [0.1, 0.15) is 25.3 Å². The Morgan fingerprint density at radius 3 is 2.31 bits per heavy atom. The van der Waals surface area contributed by atoms with E-state index < -0.39 is 16.1 Å². The Kier molecular flexibility index (Phi) is 7.87. The van der Waals surface area contributed by atoms with Crippen LogP contribution in [-0.2, 0) is 26.0 Å². The summed E-state index contributed by atoms with van der Waals surface area (Å²) in [5.41, 5.74) is 0.813. The van der Waals surface area contributed by atoms with E-state index in [-0.39, 0.29) is 29.2 Å². The quantitative estimate of drug-likeness (QED) is 0.625. The molecule has 0 spiro atoms. The third-order valence-electron chi connectivity index (χ3n) is 5.49. The van der Waals surface area contributed by atoms with Crippen LogP contribution in [0.4, 0.5) is 0 Å². The molecule has 1 aliphatic rings. The molecule has 1 saturated heterocycles. The second-order valence-electron chi connectivity index (χ2n) is 7.77. The highest BCUT2D eigenvalue weighted by Gasteiger charge is 2.31. The molecule has 172 valence electrons.